The Balaban J connectivity index is 0.000000184. The van der Waals surface area contributed by atoms with Crippen molar-refractivity contribution in [3.05, 3.63) is 156 Å². The molecule has 0 heterocycles. The summed E-state index contributed by atoms with van der Waals surface area (Å²) in [6.45, 7) is 0. The first-order valence-corrected chi connectivity index (χ1v) is 19.0. The largest absolute Gasteiger partial charge is 2.00 e. The van der Waals surface area contributed by atoms with Gasteiger partial charge in [-0.15, -0.1) is 0 Å². The van der Waals surface area contributed by atoms with Gasteiger partial charge in [0.25, 0.3) is 0 Å². The maximum absolute atomic E-state index is 12.2. The Hall–Kier alpha value is -5.01. The van der Waals surface area contributed by atoms with E-state index in [4.69, 9.17) is 0 Å². The maximum atomic E-state index is 12.2. The SMILES string of the molecule is O=C1C=Cc2ccccc2/C1=N/Nc1ccc2ccccc2c1S(=O)(=O)[O-].O=C1C=Cc2ccccc2/C1=N/Nc1ccc2ccccc2c1S(=O)(=O)[O-].[Ba+2]. The van der Waals surface area contributed by atoms with Crippen molar-refractivity contribution in [2.75, 3.05) is 10.9 Å². The summed E-state index contributed by atoms with van der Waals surface area (Å²) >= 11 is 0. The molecule has 0 fully saturated rings. The standard InChI is InChI=1S/2C20H14N2O4S.Ba/c2*23-18-12-10-13-5-1-3-7-15(13)19(18)22-21-17-11-9-14-6-2-4-8-16(14)20(17)27(24,25)26;/h2*1-12,21H,(H,24,25,26);/q;;+2/p-2/b2*22-19-;. The van der Waals surface area contributed by atoms with Gasteiger partial charge in [0, 0.05) is 21.9 Å². The topological polar surface area (TPSA) is 197 Å². The predicted molar refractivity (Wildman–Crippen MR) is 211 cm³/mol. The van der Waals surface area contributed by atoms with Crippen LogP contribution in [0.5, 0.6) is 0 Å². The number of ketones is 2. The van der Waals surface area contributed by atoms with Gasteiger partial charge in [0.2, 0.25) is 11.6 Å². The summed E-state index contributed by atoms with van der Waals surface area (Å²) in [5.41, 5.74) is 8.47. The van der Waals surface area contributed by atoms with Gasteiger partial charge >= 0.3 is 48.9 Å². The molecule has 268 valence electrons. The summed E-state index contributed by atoms with van der Waals surface area (Å²) < 4.78 is 71.2. The molecule has 0 atom stereocenters. The molecule has 0 radical (unpaired) electrons. The first kappa shape index (κ1) is 39.7. The quantitative estimate of drug-likeness (QED) is 0.115. The second kappa shape index (κ2) is 16.4. The third-order valence-corrected chi connectivity index (χ3v) is 10.4. The van der Waals surface area contributed by atoms with Crippen LogP contribution in [-0.4, -0.2) is 97.8 Å². The van der Waals surface area contributed by atoms with E-state index in [1.165, 1.54) is 24.3 Å². The molecule has 12 nitrogen and oxygen atoms in total. The Morgan fingerprint density at radius 2 is 0.818 bits per heavy atom. The van der Waals surface area contributed by atoms with Crippen molar-refractivity contribution >= 4 is 137 Å². The van der Waals surface area contributed by atoms with Crippen LogP contribution in [0.15, 0.2) is 153 Å². The van der Waals surface area contributed by atoms with Crippen molar-refractivity contribution in [1.82, 2.24) is 0 Å². The Morgan fingerprint density at radius 1 is 0.455 bits per heavy atom. The number of carbonyl (C=O) groups is 2. The molecule has 8 rings (SSSR count). The van der Waals surface area contributed by atoms with Crippen molar-refractivity contribution in [3.8, 4) is 0 Å². The number of anilines is 2. The van der Waals surface area contributed by atoms with Crippen molar-refractivity contribution < 1.29 is 35.5 Å². The number of rotatable bonds is 6. The van der Waals surface area contributed by atoms with Crippen molar-refractivity contribution in [2.24, 2.45) is 10.2 Å². The average Bonchev–Trinajstić information content (AvgIpc) is 3.16. The van der Waals surface area contributed by atoms with E-state index in [1.54, 1.807) is 97.1 Å². The smallest absolute Gasteiger partial charge is 0.744 e. The van der Waals surface area contributed by atoms with Crippen LogP contribution in [0, 0.1) is 0 Å². The first-order valence-electron chi connectivity index (χ1n) is 16.2. The molecule has 0 saturated heterocycles. The molecule has 2 N–H and O–H groups in total. The maximum Gasteiger partial charge on any atom is 2.00 e. The Bertz CT molecular complexity index is 2690. The minimum atomic E-state index is -4.77. The molecule has 2 aliphatic rings. The molecule has 55 heavy (non-hydrogen) atoms. The number of hydrazone groups is 2. The number of hydrogen-bond acceptors (Lipinski definition) is 12. The normalized spacial score (nSPS) is 14.9. The summed E-state index contributed by atoms with van der Waals surface area (Å²) in [4.78, 5) is 23.7. The second-order valence-corrected chi connectivity index (χ2v) is 14.6. The number of hydrogen-bond donors (Lipinski definition) is 2. The van der Waals surface area contributed by atoms with E-state index in [1.807, 2.05) is 24.3 Å². The summed E-state index contributed by atoms with van der Waals surface area (Å²) in [5, 5.41) is 10.1. The van der Waals surface area contributed by atoms with Gasteiger partial charge in [-0.2, -0.15) is 10.2 Å². The third-order valence-electron chi connectivity index (χ3n) is 8.56. The Kier molecular flexibility index (Phi) is 11.8. The van der Waals surface area contributed by atoms with Gasteiger partial charge < -0.3 is 9.11 Å². The third kappa shape index (κ3) is 8.47. The van der Waals surface area contributed by atoms with Gasteiger partial charge in [-0.05, 0) is 46.2 Å². The minimum absolute atomic E-state index is 0. The van der Waals surface area contributed by atoms with Crippen LogP contribution in [0.3, 0.4) is 0 Å². The molecule has 0 unspecified atom stereocenters. The fraction of sp³-hybridized carbons (Fsp3) is 0. The number of nitrogens with zero attached hydrogens (tertiary/aromatic N) is 2. The van der Waals surface area contributed by atoms with E-state index in [0.717, 1.165) is 11.1 Å². The number of nitrogens with one attached hydrogen (secondary N) is 2. The number of fused-ring (bicyclic) bond motifs is 4. The van der Waals surface area contributed by atoms with Crippen LogP contribution in [0.2, 0.25) is 0 Å². The van der Waals surface area contributed by atoms with Crippen molar-refractivity contribution in [3.63, 3.8) is 0 Å². The number of benzene rings is 6. The summed E-state index contributed by atoms with van der Waals surface area (Å²) in [5.74, 6) is -0.623. The summed E-state index contributed by atoms with van der Waals surface area (Å²) in [6, 6.07) is 34.1. The van der Waals surface area contributed by atoms with Crippen LogP contribution in [0.4, 0.5) is 11.4 Å². The van der Waals surface area contributed by atoms with Gasteiger partial charge in [0.1, 0.15) is 31.7 Å². The van der Waals surface area contributed by atoms with E-state index >= 15 is 0 Å². The zero-order valence-corrected chi connectivity index (χ0v) is 34.6. The van der Waals surface area contributed by atoms with E-state index < -0.39 is 30.0 Å². The van der Waals surface area contributed by atoms with Crippen LogP contribution in [-0.2, 0) is 29.8 Å². The van der Waals surface area contributed by atoms with E-state index in [0.29, 0.717) is 32.7 Å². The molecule has 2 aliphatic carbocycles. The van der Waals surface area contributed by atoms with Gasteiger partial charge in [0.05, 0.1) is 21.2 Å². The fourth-order valence-corrected chi connectivity index (χ4v) is 7.81. The molecule has 6 aromatic carbocycles. The average molecular weight is 892 g/mol. The van der Waals surface area contributed by atoms with Crippen LogP contribution in [0.25, 0.3) is 33.7 Å². The predicted octanol–water partition coefficient (Wildman–Crippen LogP) is 5.93. The minimum Gasteiger partial charge on any atom is -0.744 e. The summed E-state index contributed by atoms with van der Waals surface area (Å²) in [7, 11) is -9.54. The molecule has 15 heteroatoms. The zero-order valence-electron chi connectivity index (χ0n) is 28.5. The van der Waals surface area contributed by atoms with Gasteiger partial charge in [0.15, 0.2) is 0 Å². The summed E-state index contributed by atoms with van der Waals surface area (Å²) in [6.07, 6.45) is 6.18. The number of carbonyl (C=O) groups excluding carboxylic acids is 2. The number of allylic oxidation sites excluding steroid dienone is 2. The molecular weight excluding hydrogens is 866 g/mol. The van der Waals surface area contributed by atoms with Crippen molar-refractivity contribution in [1.29, 1.82) is 0 Å². The first-order chi connectivity index (χ1) is 25.9. The van der Waals surface area contributed by atoms with Gasteiger partial charge in [-0.25, -0.2) is 16.8 Å². The van der Waals surface area contributed by atoms with Crippen LogP contribution >= 0.6 is 0 Å². The Labute approximate surface area is 355 Å². The molecule has 6 aromatic rings. The molecule has 0 spiro atoms. The monoisotopic (exact) mass is 892 g/mol. The van der Waals surface area contributed by atoms with E-state index in [2.05, 4.69) is 21.1 Å². The fourth-order valence-electron chi connectivity index (χ4n) is 6.13. The molecule has 0 saturated carbocycles. The molecular formula is C40H26BaN4O8S2. The van der Waals surface area contributed by atoms with Crippen LogP contribution < -0.4 is 10.9 Å². The molecule has 0 bridgehead atoms. The van der Waals surface area contributed by atoms with E-state index in [9.17, 15) is 35.5 Å². The molecule has 0 aliphatic heterocycles. The molecule has 0 amide bonds. The van der Waals surface area contributed by atoms with E-state index in [-0.39, 0.29) is 83.2 Å². The zero-order chi connectivity index (χ0) is 38.0. The van der Waals surface area contributed by atoms with Crippen LogP contribution in [0.1, 0.15) is 22.3 Å². The molecule has 0 aromatic heterocycles. The second-order valence-electron chi connectivity index (χ2n) is 11.9. The Morgan fingerprint density at radius 3 is 1.22 bits per heavy atom. The van der Waals surface area contributed by atoms with Crippen molar-refractivity contribution in [2.45, 2.75) is 9.79 Å². The van der Waals surface area contributed by atoms with Gasteiger partial charge in [-0.1, -0.05) is 121 Å². The van der Waals surface area contributed by atoms with Gasteiger partial charge in [-0.3, -0.25) is 20.4 Å².